The maximum atomic E-state index is 14.6. The Morgan fingerprint density at radius 2 is 2.00 bits per heavy atom. The van der Waals surface area contributed by atoms with Crippen LogP contribution in [0, 0.1) is 11.6 Å². The van der Waals surface area contributed by atoms with Gasteiger partial charge >= 0.3 is 6.03 Å². The second kappa shape index (κ2) is 10.2. The summed E-state index contributed by atoms with van der Waals surface area (Å²) >= 11 is 1.13. The van der Waals surface area contributed by atoms with Crippen LogP contribution in [0.15, 0.2) is 58.7 Å². The molecule has 2 aromatic carbocycles. The topological polar surface area (TPSA) is 103 Å². The first kappa shape index (κ1) is 24.5. The minimum absolute atomic E-state index is 0.0533. The molecule has 2 aromatic rings. The Bertz CT molecular complexity index is 1090. The lowest BCUT2D eigenvalue weighted by atomic mass is 10.0. The summed E-state index contributed by atoms with van der Waals surface area (Å²) in [5, 5.41) is 9.31. The van der Waals surface area contributed by atoms with E-state index in [4.69, 9.17) is 10.4 Å². The minimum Gasteiger partial charge on any atom is -0.266 e. The van der Waals surface area contributed by atoms with Gasteiger partial charge in [-0.15, -0.1) is 0 Å². The van der Waals surface area contributed by atoms with Crippen LogP contribution in [0.3, 0.4) is 0 Å². The largest absolute Gasteiger partial charge is 0.363 e. The molecular weight excluding hydrogens is 450 g/mol. The molecule has 1 aliphatic heterocycles. The predicted molar refractivity (Wildman–Crippen MR) is 123 cm³/mol. The van der Waals surface area contributed by atoms with Gasteiger partial charge in [0.15, 0.2) is 0 Å². The van der Waals surface area contributed by atoms with E-state index in [1.807, 2.05) is 30.3 Å². The molecule has 0 radical (unpaired) electrons. The van der Waals surface area contributed by atoms with Gasteiger partial charge in [-0.05, 0) is 62.9 Å². The molecule has 0 saturated heterocycles. The molecule has 8 nitrogen and oxygen atoms in total. The smallest absolute Gasteiger partial charge is 0.266 e. The summed E-state index contributed by atoms with van der Waals surface area (Å²) in [6.07, 6.45) is 0.748. The zero-order valence-electron chi connectivity index (χ0n) is 18.5. The zero-order valence-corrected chi connectivity index (χ0v) is 19.3. The molecule has 2 amide bonds. The van der Waals surface area contributed by atoms with Crippen molar-refractivity contribution in [1.29, 1.82) is 0 Å². The monoisotopic (exact) mass is 474 g/mol. The van der Waals surface area contributed by atoms with Gasteiger partial charge in [0.05, 0.1) is 5.60 Å². The van der Waals surface area contributed by atoms with Crippen LogP contribution in [0.1, 0.15) is 44.7 Å². The number of hydrazone groups is 1. The van der Waals surface area contributed by atoms with E-state index in [9.17, 15) is 13.6 Å². The first-order valence-electron chi connectivity index (χ1n) is 10.2. The molecular formula is C22H24F2N6O2S. The van der Waals surface area contributed by atoms with E-state index in [0.29, 0.717) is 12.8 Å². The Morgan fingerprint density at radius 3 is 2.67 bits per heavy atom. The minimum atomic E-state index is -1.11. The summed E-state index contributed by atoms with van der Waals surface area (Å²) in [5.74, 6) is -1.28. The van der Waals surface area contributed by atoms with Crippen molar-refractivity contribution in [2.75, 3.05) is 6.54 Å². The maximum absolute atomic E-state index is 14.6. The van der Waals surface area contributed by atoms with Crippen molar-refractivity contribution in [1.82, 2.24) is 10.5 Å². The van der Waals surface area contributed by atoms with Crippen LogP contribution in [-0.2, 0) is 9.71 Å². The fourth-order valence-electron chi connectivity index (χ4n) is 3.23. The Kier molecular flexibility index (Phi) is 7.57. The van der Waals surface area contributed by atoms with Crippen molar-refractivity contribution >= 4 is 22.8 Å². The molecule has 174 valence electrons. The van der Waals surface area contributed by atoms with Gasteiger partial charge in [-0.25, -0.2) is 19.1 Å². The fraction of sp³-hybridized carbons (Fsp3) is 0.364. The summed E-state index contributed by atoms with van der Waals surface area (Å²) in [5.41, 5.74) is 11.0. The number of carbonyl (C=O) groups excluding carboxylic acids is 1. The standard InChI is InChI=1S/C22H24F2N6O2S/c1-21(2,3)32-28-20(31)30-22(12-7-13-26-29-25,15-8-5-4-6-9-15)33-19(27-30)17-14-16(23)10-11-18(17)24/h4-6,8-11,14H,7,12-13H2,1-3H3,(H,28,31). The third kappa shape index (κ3) is 5.81. The third-order valence-corrected chi connectivity index (χ3v) is 6.10. The number of hydrogen-bond donors (Lipinski definition) is 1. The normalized spacial score (nSPS) is 18.0. The summed E-state index contributed by atoms with van der Waals surface area (Å²) in [4.78, 5) is 20.3. The molecule has 0 fully saturated rings. The van der Waals surface area contributed by atoms with Crippen LogP contribution in [0.5, 0.6) is 0 Å². The van der Waals surface area contributed by atoms with Crippen molar-refractivity contribution in [3.05, 3.63) is 81.7 Å². The molecule has 1 N–H and O–H groups in total. The van der Waals surface area contributed by atoms with Crippen LogP contribution in [0.2, 0.25) is 0 Å². The molecule has 0 bridgehead atoms. The number of carbonyl (C=O) groups is 1. The SMILES string of the molecule is CC(C)(C)ONC(=O)N1N=C(c2cc(F)ccc2F)SC1(CCCN=[N+]=[N-])c1ccccc1. The van der Waals surface area contributed by atoms with Crippen molar-refractivity contribution < 1.29 is 18.4 Å². The third-order valence-electron chi connectivity index (χ3n) is 4.66. The summed E-state index contributed by atoms with van der Waals surface area (Å²) < 4.78 is 28.5. The Morgan fingerprint density at radius 1 is 1.27 bits per heavy atom. The first-order chi connectivity index (χ1) is 15.7. The number of halogens is 2. The molecule has 0 aliphatic carbocycles. The van der Waals surface area contributed by atoms with Crippen molar-refractivity contribution in [3.8, 4) is 0 Å². The summed E-state index contributed by atoms with van der Waals surface area (Å²) in [7, 11) is 0. The number of nitrogens with one attached hydrogen (secondary N) is 1. The van der Waals surface area contributed by atoms with E-state index in [-0.39, 0.29) is 17.2 Å². The highest BCUT2D eigenvalue weighted by molar-refractivity contribution is 8.15. The van der Waals surface area contributed by atoms with E-state index < -0.39 is 28.1 Å². The average Bonchev–Trinajstić information content (AvgIpc) is 3.17. The predicted octanol–water partition coefficient (Wildman–Crippen LogP) is 6.06. The molecule has 1 aliphatic rings. The van der Waals surface area contributed by atoms with E-state index in [2.05, 4.69) is 20.6 Å². The van der Waals surface area contributed by atoms with Crippen molar-refractivity contribution in [3.63, 3.8) is 0 Å². The number of rotatable bonds is 7. The molecule has 33 heavy (non-hydrogen) atoms. The van der Waals surface area contributed by atoms with E-state index in [1.54, 1.807) is 20.8 Å². The van der Waals surface area contributed by atoms with Crippen LogP contribution < -0.4 is 5.48 Å². The van der Waals surface area contributed by atoms with Gasteiger partial charge in [0.1, 0.15) is 21.5 Å². The molecule has 11 heteroatoms. The van der Waals surface area contributed by atoms with E-state index in [1.165, 1.54) is 5.01 Å². The van der Waals surface area contributed by atoms with Gasteiger partial charge in [0.25, 0.3) is 0 Å². The van der Waals surface area contributed by atoms with Gasteiger partial charge in [0, 0.05) is 17.0 Å². The van der Waals surface area contributed by atoms with Crippen LogP contribution in [0.4, 0.5) is 13.6 Å². The summed E-state index contributed by atoms with van der Waals surface area (Å²) in [6, 6.07) is 11.5. The number of amides is 2. The molecule has 1 atom stereocenters. The second-order valence-corrected chi connectivity index (χ2v) is 9.54. The van der Waals surface area contributed by atoms with Gasteiger partial charge in [-0.2, -0.15) is 10.1 Å². The molecule has 1 unspecified atom stereocenters. The highest BCUT2D eigenvalue weighted by atomic mass is 32.2. The Hall–Kier alpha value is -3.14. The number of hydrogen-bond acceptors (Lipinski definition) is 5. The second-order valence-electron chi connectivity index (χ2n) is 8.27. The summed E-state index contributed by atoms with van der Waals surface area (Å²) in [6.45, 7) is 5.51. The van der Waals surface area contributed by atoms with Gasteiger partial charge in [-0.1, -0.05) is 47.2 Å². The first-order valence-corrected chi connectivity index (χ1v) is 11.1. The lowest BCUT2D eigenvalue weighted by Gasteiger charge is -2.36. The number of azide groups is 1. The van der Waals surface area contributed by atoms with Crippen LogP contribution >= 0.6 is 11.8 Å². The average molecular weight is 475 g/mol. The van der Waals surface area contributed by atoms with Crippen LogP contribution in [0.25, 0.3) is 10.4 Å². The lowest BCUT2D eigenvalue weighted by molar-refractivity contribution is -0.0609. The zero-order chi connectivity index (χ0) is 24.1. The van der Waals surface area contributed by atoms with Crippen molar-refractivity contribution in [2.24, 2.45) is 10.2 Å². The van der Waals surface area contributed by atoms with E-state index in [0.717, 1.165) is 35.5 Å². The number of thioether (sulfide) groups is 1. The maximum Gasteiger partial charge on any atom is 0.363 e. The molecule has 0 aromatic heterocycles. The van der Waals surface area contributed by atoms with Crippen LogP contribution in [-0.4, -0.2) is 28.2 Å². The lowest BCUT2D eigenvalue weighted by Crippen LogP contribution is -2.48. The number of nitrogens with zero attached hydrogens (tertiary/aromatic N) is 5. The number of hydroxylamine groups is 1. The number of benzene rings is 2. The van der Waals surface area contributed by atoms with E-state index >= 15 is 0 Å². The fourth-order valence-corrected chi connectivity index (χ4v) is 4.65. The van der Waals surface area contributed by atoms with Gasteiger partial charge < -0.3 is 0 Å². The highest BCUT2D eigenvalue weighted by Gasteiger charge is 2.49. The van der Waals surface area contributed by atoms with Gasteiger partial charge in [0.2, 0.25) is 0 Å². The molecule has 3 rings (SSSR count). The molecule has 0 spiro atoms. The highest BCUT2D eigenvalue weighted by Crippen LogP contribution is 2.50. The number of urea groups is 1. The Balaban J connectivity index is 2.08. The Labute approximate surface area is 194 Å². The van der Waals surface area contributed by atoms with Crippen molar-refractivity contribution in [2.45, 2.75) is 44.1 Å². The molecule has 0 saturated carbocycles. The van der Waals surface area contributed by atoms with Gasteiger partial charge in [-0.3, -0.25) is 4.84 Å². The molecule has 1 heterocycles. The quantitative estimate of drug-likeness (QED) is 0.173.